The minimum absolute atomic E-state index is 0.237. The molecule has 0 bridgehead atoms. The summed E-state index contributed by atoms with van der Waals surface area (Å²) in [5, 5.41) is 14.7. The molecule has 1 atom stereocenters. The maximum absolute atomic E-state index is 12.6. The number of carboxylic acid groups (broad SMARTS) is 1. The van der Waals surface area contributed by atoms with E-state index in [2.05, 4.69) is 15.6 Å². The first kappa shape index (κ1) is 24.4. The third-order valence-electron chi connectivity index (χ3n) is 5.20. The topological polar surface area (TPSA) is 113 Å². The van der Waals surface area contributed by atoms with Gasteiger partial charge in [-0.15, -0.1) is 0 Å². The van der Waals surface area contributed by atoms with Gasteiger partial charge in [0.25, 0.3) is 11.8 Å². The number of carbonyl (C=O) groups excluding carboxylic acids is 2. The van der Waals surface area contributed by atoms with Crippen LogP contribution in [-0.2, 0) is 11.3 Å². The number of aromatic nitrogens is 2. The Labute approximate surface area is 198 Å². The number of hydrogen-bond donors (Lipinski definition) is 3. The molecule has 0 aliphatic heterocycles. The normalized spacial score (nSPS) is 12.0. The number of benzene rings is 1. The molecule has 0 saturated carbocycles. The lowest BCUT2D eigenvalue weighted by atomic mass is 10.0. The fraction of sp³-hybridized carbons (Fsp3) is 0.231. The van der Waals surface area contributed by atoms with E-state index >= 15 is 0 Å². The zero-order chi connectivity index (χ0) is 24.7. The molecular formula is C26H28N4O4. The number of allylic oxidation sites excluding steroid dienone is 1. The summed E-state index contributed by atoms with van der Waals surface area (Å²) in [4.78, 5) is 40.7. The van der Waals surface area contributed by atoms with Gasteiger partial charge in [0.2, 0.25) is 0 Å². The second-order valence-corrected chi connectivity index (χ2v) is 8.28. The summed E-state index contributed by atoms with van der Waals surface area (Å²) in [6.45, 7) is 5.86. The first-order valence-electron chi connectivity index (χ1n) is 10.9. The molecule has 0 fully saturated rings. The third kappa shape index (κ3) is 6.41. The average molecular weight is 461 g/mol. The van der Waals surface area contributed by atoms with Gasteiger partial charge in [0.15, 0.2) is 0 Å². The highest BCUT2D eigenvalue weighted by Gasteiger charge is 2.23. The second-order valence-electron chi connectivity index (χ2n) is 8.28. The number of aliphatic carboxylic acids is 1. The molecule has 0 unspecified atom stereocenters. The van der Waals surface area contributed by atoms with Gasteiger partial charge in [0, 0.05) is 24.5 Å². The van der Waals surface area contributed by atoms with Crippen molar-refractivity contribution in [2.45, 2.75) is 33.4 Å². The van der Waals surface area contributed by atoms with Crippen molar-refractivity contribution in [3.8, 4) is 0 Å². The van der Waals surface area contributed by atoms with Crippen LogP contribution in [-0.4, -0.2) is 38.5 Å². The van der Waals surface area contributed by atoms with E-state index in [1.54, 1.807) is 61.0 Å². The largest absolute Gasteiger partial charge is 0.480 e. The lowest BCUT2D eigenvalue weighted by Crippen LogP contribution is -2.44. The zero-order valence-electron chi connectivity index (χ0n) is 19.4. The summed E-state index contributed by atoms with van der Waals surface area (Å²) in [5.74, 6) is -1.52. The molecule has 3 N–H and O–H groups in total. The van der Waals surface area contributed by atoms with Gasteiger partial charge in [-0.05, 0) is 54.3 Å². The molecule has 2 heterocycles. The minimum atomic E-state index is -1.07. The molecule has 0 aliphatic carbocycles. The second kappa shape index (κ2) is 11.1. The van der Waals surface area contributed by atoms with E-state index in [0.29, 0.717) is 23.6 Å². The van der Waals surface area contributed by atoms with Crippen molar-refractivity contribution in [1.29, 1.82) is 0 Å². The number of nitrogens with one attached hydrogen (secondary N) is 2. The molecule has 176 valence electrons. The number of anilines is 1. The fourth-order valence-corrected chi connectivity index (χ4v) is 3.33. The molecule has 2 amide bonds. The summed E-state index contributed by atoms with van der Waals surface area (Å²) in [6, 6.07) is 13.1. The lowest BCUT2D eigenvalue weighted by Gasteiger charge is -2.18. The van der Waals surface area contributed by atoms with Crippen molar-refractivity contribution in [1.82, 2.24) is 14.9 Å². The molecule has 3 rings (SSSR count). The van der Waals surface area contributed by atoms with Crippen LogP contribution >= 0.6 is 0 Å². The number of amides is 2. The monoisotopic (exact) mass is 460 g/mol. The molecule has 34 heavy (non-hydrogen) atoms. The first-order chi connectivity index (χ1) is 16.2. The summed E-state index contributed by atoms with van der Waals surface area (Å²) in [6.07, 6.45) is 7.23. The van der Waals surface area contributed by atoms with Crippen LogP contribution in [0.25, 0.3) is 6.08 Å². The van der Waals surface area contributed by atoms with Gasteiger partial charge in [-0.1, -0.05) is 44.2 Å². The zero-order valence-corrected chi connectivity index (χ0v) is 19.4. The van der Waals surface area contributed by atoms with E-state index in [-0.39, 0.29) is 11.8 Å². The van der Waals surface area contributed by atoms with Gasteiger partial charge < -0.3 is 20.3 Å². The molecule has 0 radical (unpaired) electrons. The Balaban J connectivity index is 1.65. The molecular weight excluding hydrogens is 432 g/mol. The third-order valence-corrected chi connectivity index (χ3v) is 5.20. The lowest BCUT2D eigenvalue weighted by molar-refractivity contribution is -0.140. The van der Waals surface area contributed by atoms with Crippen LogP contribution in [0.15, 0.2) is 67.0 Å². The van der Waals surface area contributed by atoms with Gasteiger partial charge in [0.05, 0.1) is 0 Å². The highest BCUT2D eigenvalue weighted by atomic mass is 16.4. The highest BCUT2D eigenvalue weighted by Crippen LogP contribution is 2.12. The van der Waals surface area contributed by atoms with E-state index in [1.165, 1.54) is 0 Å². The Morgan fingerprint density at radius 2 is 1.88 bits per heavy atom. The van der Waals surface area contributed by atoms with Crippen molar-refractivity contribution < 1.29 is 19.5 Å². The molecule has 8 heteroatoms. The summed E-state index contributed by atoms with van der Waals surface area (Å²) < 4.78 is 1.80. The fourth-order valence-electron chi connectivity index (χ4n) is 3.33. The number of hydrogen-bond acceptors (Lipinski definition) is 4. The number of rotatable bonds is 9. The molecule has 8 nitrogen and oxygen atoms in total. The van der Waals surface area contributed by atoms with E-state index < -0.39 is 17.9 Å². The number of aryl methyl sites for hydroxylation is 1. The molecule has 2 aromatic heterocycles. The Bertz CT molecular complexity index is 1200. The van der Waals surface area contributed by atoms with E-state index in [4.69, 9.17) is 0 Å². The Morgan fingerprint density at radius 1 is 1.09 bits per heavy atom. The summed E-state index contributed by atoms with van der Waals surface area (Å²) >= 11 is 0. The van der Waals surface area contributed by atoms with Crippen LogP contribution in [0.5, 0.6) is 0 Å². The molecule has 1 aromatic carbocycles. The standard InChI is InChI=1S/C26H28N4O4/c1-17(2)23(26(33)34)29-24(31)20-9-4-7-19(15-20)8-5-13-30-14-6-10-21(30)25(32)28-22-12-11-18(3)16-27-22/h4-12,14-17,23H,13H2,1-3H3,(H,29,31)(H,33,34)(H,27,28,32)/b8-5+/t23-/m0/s1. The van der Waals surface area contributed by atoms with E-state index in [0.717, 1.165) is 11.1 Å². The molecule has 0 saturated heterocycles. The van der Waals surface area contributed by atoms with E-state index in [1.807, 2.05) is 37.4 Å². The molecule has 0 aliphatic rings. The predicted molar refractivity (Wildman–Crippen MR) is 131 cm³/mol. The maximum atomic E-state index is 12.6. The number of carboxylic acids is 1. The predicted octanol–water partition coefficient (Wildman–Crippen LogP) is 4.00. The summed E-state index contributed by atoms with van der Waals surface area (Å²) in [7, 11) is 0. The number of nitrogens with zero attached hydrogens (tertiary/aromatic N) is 2. The Kier molecular flexibility index (Phi) is 7.97. The summed E-state index contributed by atoms with van der Waals surface area (Å²) in [5.41, 5.74) is 2.66. The van der Waals surface area contributed by atoms with Gasteiger partial charge in [-0.2, -0.15) is 0 Å². The number of pyridine rings is 1. The van der Waals surface area contributed by atoms with Crippen LogP contribution in [0.2, 0.25) is 0 Å². The van der Waals surface area contributed by atoms with Crippen molar-refractivity contribution >= 4 is 29.7 Å². The first-order valence-corrected chi connectivity index (χ1v) is 10.9. The van der Waals surface area contributed by atoms with Crippen molar-refractivity contribution in [2.75, 3.05) is 5.32 Å². The van der Waals surface area contributed by atoms with Crippen LogP contribution < -0.4 is 10.6 Å². The average Bonchev–Trinajstić information content (AvgIpc) is 3.27. The van der Waals surface area contributed by atoms with E-state index in [9.17, 15) is 19.5 Å². The van der Waals surface area contributed by atoms with Crippen LogP contribution in [0.3, 0.4) is 0 Å². The highest BCUT2D eigenvalue weighted by molar-refractivity contribution is 6.02. The van der Waals surface area contributed by atoms with Crippen molar-refractivity contribution in [3.05, 3.63) is 89.4 Å². The minimum Gasteiger partial charge on any atom is -0.480 e. The van der Waals surface area contributed by atoms with Gasteiger partial charge in [-0.3, -0.25) is 9.59 Å². The Hall–Kier alpha value is -4.20. The van der Waals surface area contributed by atoms with Crippen molar-refractivity contribution in [3.63, 3.8) is 0 Å². The maximum Gasteiger partial charge on any atom is 0.326 e. The smallest absolute Gasteiger partial charge is 0.326 e. The Morgan fingerprint density at radius 3 is 2.56 bits per heavy atom. The molecule has 3 aromatic rings. The van der Waals surface area contributed by atoms with Gasteiger partial charge in [-0.25, -0.2) is 9.78 Å². The van der Waals surface area contributed by atoms with Crippen LogP contribution in [0.1, 0.15) is 45.8 Å². The quantitative estimate of drug-likeness (QED) is 0.447. The molecule has 0 spiro atoms. The van der Waals surface area contributed by atoms with Crippen molar-refractivity contribution in [2.24, 2.45) is 5.92 Å². The van der Waals surface area contributed by atoms with Crippen LogP contribution in [0, 0.1) is 12.8 Å². The number of carbonyl (C=O) groups is 3. The van der Waals surface area contributed by atoms with Gasteiger partial charge >= 0.3 is 5.97 Å². The van der Waals surface area contributed by atoms with Gasteiger partial charge in [0.1, 0.15) is 17.6 Å². The SMILES string of the molecule is Cc1ccc(NC(=O)c2cccn2C/C=C/c2cccc(C(=O)N[C@H](C(=O)O)C(C)C)c2)nc1. The van der Waals surface area contributed by atoms with Crippen LogP contribution in [0.4, 0.5) is 5.82 Å².